The molecule has 10 nitrogen and oxygen atoms in total. The third-order valence-electron chi connectivity index (χ3n) is 4.46. The Kier molecular flexibility index (Phi) is 6.84. The van der Waals surface area contributed by atoms with Crippen LogP contribution >= 0.6 is 12.4 Å². The van der Waals surface area contributed by atoms with E-state index in [4.69, 9.17) is 0 Å². The summed E-state index contributed by atoms with van der Waals surface area (Å²) in [6.45, 7) is 2.78. The second-order valence-electron chi connectivity index (χ2n) is 6.35. The Bertz CT molecular complexity index is 948. The van der Waals surface area contributed by atoms with E-state index in [9.17, 15) is 24.8 Å². The molecule has 1 aromatic carbocycles. The number of para-hydroxylation sites is 2. The molecular weight excluding hydrogens is 390 g/mol. The van der Waals surface area contributed by atoms with Crippen LogP contribution in [0.5, 0.6) is 0 Å². The first-order valence-electron chi connectivity index (χ1n) is 8.40. The topological polar surface area (TPSA) is 139 Å². The number of aliphatic hydroxyl groups is 1. The minimum atomic E-state index is -0.688. The van der Waals surface area contributed by atoms with Crippen molar-refractivity contribution in [1.82, 2.24) is 20.4 Å². The number of nitrogens with one attached hydrogen (secondary N) is 2. The summed E-state index contributed by atoms with van der Waals surface area (Å²) in [7, 11) is 0. The Hall–Kier alpha value is -2.82. The highest BCUT2D eigenvalue weighted by Gasteiger charge is 2.26. The number of halogens is 1. The molecule has 2 unspecified atom stereocenters. The fourth-order valence-electron chi connectivity index (χ4n) is 2.98. The molecule has 2 heterocycles. The number of aromatic nitrogens is 2. The lowest BCUT2D eigenvalue weighted by Gasteiger charge is -2.15. The van der Waals surface area contributed by atoms with E-state index in [1.807, 2.05) is 0 Å². The van der Waals surface area contributed by atoms with Crippen molar-refractivity contribution in [2.75, 3.05) is 19.6 Å². The number of hydrogen-bond donors (Lipinski definition) is 3. The lowest BCUT2D eigenvalue weighted by Crippen LogP contribution is -2.37. The highest BCUT2D eigenvalue weighted by atomic mass is 35.5. The first-order chi connectivity index (χ1) is 12.9. The summed E-state index contributed by atoms with van der Waals surface area (Å²) >= 11 is 0. The lowest BCUT2D eigenvalue weighted by atomic mass is 10.1. The molecule has 1 amide bonds. The number of nitro groups is 1. The maximum Gasteiger partial charge on any atom is 0.294 e. The van der Waals surface area contributed by atoms with Crippen molar-refractivity contribution in [3.8, 4) is 5.69 Å². The molecule has 2 atom stereocenters. The van der Waals surface area contributed by atoms with Gasteiger partial charge < -0.3 is 15.7 Å². The Balaban J connectivity index is 0.00000280. The third kappa shape index (κ3) is 4.35. The van der Waals surface area contributed by atoms with Crippen LogP contribution in [-0.2, 0) is 0 Å². The molecule has 28 heavy (non-hydrogen) atoms. The SMILES string of the molecule is Cc1cc(=O)c(C(=O)NCC2CNCC2O)nn1-c1ccccc1[N+](=O)[O-].Cl. The maximum absolute atomic E-state index is 12.4. The van der Waals surface area contributed by atoms with Gasteiger partial charge >= 0.3 is 0 Å². The Morgan fingerprint density at radius 1 is 1.43 bits per heavy atom. The summed E-state index contributed by atoms with van der Waals surface area (Å²) < 4.78 is 1.21. The molecule has 11 heteroatoms. The lowest BCUT2D eigenvalue weighted by molar-refractivity contribution is -0.384. The zero-order valence-corrected chi connectivity index (χ0v) is 15.8. The van der Waals surface area contributed by atoms with Crippen LogP contribution in [0.15, 0.2) is 35.1 Å². The molecule has 1 aliphatic heterocycles. The Labute approximate surface area is 166 Å². The minimum absolute atomic E-state index is 0. The average molecular weight is 410 g/mol. The van der Waals surface area contributed by atoms with Crippen molar-refractivity contribution in [1.29, 1.82) is 0 Å². The van der Waals surface area contributed by atoms with E-state index >= 15 is 0 Å². The largest absolute Gasteiger partial charge is 0.391 e. The first-order valence-corrected chi connectivity index (χ1v) is 8.40. The van der Waals surface area contributed by atoms with Crippen molar-refractivity contribution >= 4 is 24.0 Å². The number of rotatable bonds is 5. The number of nitro benzene ring substituents is 1. The Morgan fingerprint density at radius 2 is 2.14 bits per heavy atom. The molecule has 3 N–H and O–H groups in total. The monoisotopic (exact) mass is 409 g/mol. The van der Waals surface area contributed by atoms with Gasteiger partial charge in [-0.1, -0.05) is 12.1 Å². The van der Waals surface area contributed by atoms with E-state index < -0.39 is 22.4 Å². The van der Waals surface area contributed by atoms with Gasteiger partial charge in [0, 0.05) is 43.4 Å². The van der Waals surface area contributed by atoms with Crippen LogP contribution in [0, 0.1) is 23.0 Å². The number of amides is 1. The van der Waals surface area contributed by atoms with E-state index in [1.54, 1.807) is 13.0 Å². The quantitative estimate of drug-likeness (QED) is 0.472. The van der Waals surface area contributed by atoms with Gasteiger partial charge in [-0.25, -0.2) is 4.68 Å². The van der Waals surface area contributed by atoms with Crippen molar-refractivity contribution in [3.63, 3.8) is 0 Å². The summed E-state index contributed by atoms with van der Waals surface area (Å²) in [5.74, 6) is -0.844. The molecule has 0 saturated carbocycles. The van der Waals surface area contributed by atoms with Gasteiger partial charge in [0.1, 0.15) is 5.69 Å². The molecule has 1 aliphatic rings. The van der Waals surface area contributed by atoms with Gasteiger partial charge in [-0.2, -0.15) is 5.10 Å². The van der Waals surface area contributed by atoms with Gasteiger partial charge in [0.25, 0.3) is 11.6 Å². The van der Waals surface area contributed by atoms with Gasteiger partial charge in [-0.15, -0.1) is 12.4 Å². The van der Waals surface area contributed by atoms with Gasteiger partial charge in [0.05, 0.1) is 11.0 Å². The van der Waals surface area contributed by atoms with Crippen LogP contribution in [0.25, 0.3) is 5.69 Å². The average Bonchev–Trinajstić information content (AvgIpc) is 3.04. The molecule has 0 aliphatic carbocycles. The predicted octanol–water partition coefficient (Wildman–Crippen LogP) is 0.181. The number of benzene rings is 1. The second-order valence-corrected chi connectivity index (χ2v) is 6.35. The number of carbonyl (C=O) groups excluding carboxylic acids is 1. The zero-order chi connectivity index (χ0) is 19.6. The predicted molar refractivity (Wildman–Crippen MR) is 103 cm³/mol. The van der Waals surface area contributed by atoms with Crippen LogP contribution in [0.4, 0.5) is 5.69 Å². The fourth-order valence-corrected chi connectivity index (χ4v) is 2.98. The molecule has 1 aromatic heterocycles. The minimum Gasteiger partial charge on any atom is -0.391 e. The van der Waals surface area contributed by atoms with Crippen LogP contribution in [-0.4, -0.2) is 51.5 Å². The number of β-amino-alcohol motifs (C(OH)–C–C–N with tert-alkyl or cyclic N) is 1. The van der Waals surface area contributed by atoms with Crippen LogP contribution in [0.3, 0.4) is 0 Å². The van der Waals surface area contributed by atoms with Gasteiger partial charge in [-0.05, 0) is 13.0 Å². The summed E-state index contributed by atoms with van der Waals surface area (Å²) in [4.78, 5) is 35.3. The van der Waals surface area contributed by atoms with Gasteiger partial charge in [0.15, 0.2) is 5.69 Å². The number of aliphatic hydroxyl groups excluding tert-OH is 1. The standard InChI is InChI=1S/C17H19N5O5.ClH/c1-10-6-14(23)16(17(25)19-8-11-7-18-9-15(11)24)20-21(10)12-4-2-3-5-13(12)22(26)27;/h2-6,11,15,18,24H,7-9H2,1H3,(H,19,25);1H. The van der Waals surface area contributed by atoms with Crippen LogP contribution < -0.4 is 16.1 Å². The number of nitrogens with zero attached hydrogens (tertiary/aromatic N) is 3. The number of carbonyl (C=O) groups is 1. The zero-order valence-electron chi connectivity index (χ0n) is 15.0. The first kappa shape index (κ1) is 21.5. The normalized spacial score (nSPS) is 18.4. The molecule has 150 valence electrons. The van der Waals surface area contributed by atoms with E-state index in [1.165, 1.54) is 28.9 Å². The summed E-state index contributed by atoms with van der Waals surface area (Å²) in [5, 5.41) is 30.7. The van der Waals surface area contributed by atoms with Crippen molar-refractivity contribution in [2.24, 2.45) is 5.92 Å². The third-order valence-corrected chi connectivity index (χ3v) is 4.46. The number of aryl methyl sites for hydroxylation is 1. The van der Waals surface area contributed by atoms with Crippen molar-refractivity contribution in [3.05, 3.63) is 62.1 Å². The van der Waals surface area contributed by atoms with Crippen molar-refractivity contribution < 1.29 is 14.8 Å². The molecule has 0 spiro atoms. The maximum atomic E-state index is 12.4. The molecule has 1 saturated heterocycles. The molecule has 1 fully saturated rings. The molecule has 0 radical (unpaired) electrons. The highest BCUT2D eigenvalue weighted by Crippen LogP contribution is 2.22. The number of hydrogen-bond acceptors (Lipinski definition) is 7. The fraction of sp³-hybridized carbons (Fsp3) is 0.353. The van der Waals surface area contributed by atoms with E-state index in [-0.39, 0.29) is 41.9 Å². The Morgan fingerprint density at radius 3 is 2.79 bits per heavy atom. The smallest absolute Gasteiger partial charge is 0.294 e. The second kappa shape index (κ2) is 8.91. The molecular formula is C17H20ClN5O5. The molecule has 3 rings (SSSR count). The van der Waals surface area contributed by atoms with E-state index in [0.717, 1.165) is 0 Å². The molecule has 0 bridgehead atoms. The highest BCUT2D eigenvalue weighted by molar-refractivity contribution is 5.92. The van der Waals surface area contributed by atoms with E-state index in [0.29, 0.717) is 18.8 Å². The van der Waals surface area contributed by atoms with Crippen molar-refractivity contribution in [2.45, 2.75) is 13.0 Å². The van der Waals surface area contributed by atoms with Crippen LogP contribution in [0.1, 0.15) is 16.2 Å². The molecule has 2 aromatic rings. The van der Waals surface area contributed by atoms with E-state index in [2.05, 4.69) is 15.7 Å². The summed E-state index contributed by atoms with van der Waals surface area (Å²) in [6.07, 6.45) is -0.570. The van der Waals surface area contributed by atoms with Crippen LogP contribution in [0.2, 0.25) is 0 Å². The summed E-state index contributed by atoms with van der Waals surface area (Å²) in [5.41, 5.74) is -0.613. The van der Waals surface area contributed by atoms with Gasteiger partial charge in [-0.3, -0.25) is 19.7 Å². The van der Waals surface area contributed by atoms with Gasteiger partial charge in [0.2, 0.25) is 5.43 Å². The summed E-state index contributed by atoms with van der Waals surface area (Å²) in [6, 6.07) is 7.15.